The molecule has 1 N–H and O–H groups in total. The number of carbonyl (C=O) groups is 1. The summed E-state index contributed by atoms with van der Waals surface area (Å²) in [4.78, 5) is 15.8. The van der Waals surface area contributed by atoms with Crippen LogP contribution in [0.3, 0.4) is 0 Å². The highest BCUT2D eigenvalue weighted by Crippen LogP contribution is 2.45. The number of hydrogen-bond acceptors (Lipinski definition) is 7. The highest BCUT2D eigenvalue weighted by molar-refractivity contribution is 7.90. The van der Waals surface area contributed by atoms with Gasteiger partial charge in [-0.1, -0.05) is 31.0 Å². The fourth-order valence-corrected chi connectivity index (χ4v) is 8.86. The Labute approximate surface area is 266 Å². The van der Waals surface area contributed by atoms with E-state index < -0.39 is 21.2 Å². The van der Waals surface area contributed by atoms with Gasteiger partial charge in [-0.05, 0) is 99.2 Å². The first-order valence-corrected chi connectivity index (χ1v) is 18.1. The molecule has 1 fully saturated rings. The van der Waals surface area contributed by atoms with Gasteiger partial charge in [0.05, 0.1) is 36.9 Å². The first kappa shape index (κ1) is 31.6. The van der Waals surface area contributed by atoms with Crippen LogP contribution in [0, 0.1) is 11.8 Å². The minimum Gasteiger partial charge on any atom is -0.490 e. The van der Waals surface area contributed by atoms with Gasteiger partial charge < -0.3 is 19.1 Å². The molecule has 1 spiro atoms. The molecule has 2 aromatic rings. The van der Waals surface area contributed by atoms with Crippen LogP contribution in [0.2, 0.25) is 5.02 Å². The molecule has 2 aliphatic carbocycles. The van der Waals surface area contributed by atoms with E-state index in [1.807, 2.05) is 19.1 Å². The molecule has 1 amide bonds. The van der Waals surface area contributed by atoms with Crippen LogP contribution < -0.4 is 14.4 Å². The van der Waals surface area contributed by atoms with Gasteiger partial charge in [0.25, 0.3) is 5.91 Å². The number of aryl methyl sites for hydroxylation is 1. The molecule has 44 heavy (non-hydrogen) atoms. The van der Waals surface area contributed by atoms with Gasteiger partial charge >= 0.3 is 0 Å². The van der Waals surface area contributed by atoms with Crippen LogP contribution in [-0.2, 0) is 31.3 Å². The van der Waals surface area contributed by atoms with Crippen molar-refractivity contribution < 1.29 is 27.4 Å². The number of carbonyl (C=O) groups excluding carboxylic acids is 1. The van der Waals surface area contributed by atoms with Crippen LogP contribution in [-0.4, -0.2) is 65.2 Å². The number of nitrogens with one attached hydrogen (secondary N) is 1. The Morgan fingerprint density at radius 3 is 2.68 bits per heavy atom. The molecule has 2 aromatic carbocycles. The fourth-order valence-electron chi connectivity index (χ4n) is 7.36. The third-order valence-electron chi connectivity index (χ3n) is 10.4. The van der Waals surface area contributed by atoms with Gasteiger partial charge in [0.2, 0.25) is 10.0 Å². The molecule has 0 aromatic heterocycles. The molecule has 1 saturated carbocycles. The lowest BCUT2D eigenvalue weighted by atomic mass is 9.70. The second kappa shape index (κ2) is 13.2. The standard InChI is InChI=1S/C34H45ClN2O6S/c1-23-6-3-4-15-41-16-17-42-31-12-9-27(31)20-37-21-34(14-5-7-25-18-28(35)10-11-29(25)34)22-43-32-13-8-26(19-30(32)37)33(38)36-44(39,40)24(23)2/h8,10-11,13,18-19,23-24,27,31H,3-7,9,12,14-17,20-22H2,1-2H3,(H,36,38)/t23-,24+,27-,31+,34-/m0/s1. The monoisotopic (exact) mass is 644 g/mol. The van der Waals surface area contributed by atoms with Crippen molar-refractivity contribution in [2.75, 3.05) is 44.4 Å². The number of nitrogens with zero attached hydrogens (tertiary/aromatic N) is 1. The van der Waals surface area contributed by atoms with Crippen molar-refractivity contribution >= 4 is 33.2 Å². The molecule has 0 radical (unpaired) electrons. The highest BCUT2D eigenvalue weighted by atomic mass is 35.5. The van der Waals surface area contributed by atoms with Crippen molar-refractivity contribution in [3.63, 3.8) is 0 Å². The van der Waals surface area contributed by atoms with Gasteiger partial charge in [-0.25, -0.2) is 13.1 Å². The van der Waals surface area contributed by atoms with Crippen LogP contribution in [0.5, 0.6) is 5.75 Å². The first-order valence-electron chi connectivity index (χ1n) is 16.2. The molecule has 4 aliphatic rings. The number of sulfonamides is 1. The SMILES string of the molecule is C[C@@H]1[C@@H](C)CCCCOCCO[C@@H]2CC[C@H]2CN2C[C@@]3(CCCc4cc(Cl)ccc43)COc3ccc(cc32)C(=O)NS1(=O)=O. The number of rotatable bonds is 0. The van der Waals surface area contributed by atoms with Gasteiger partial charge in [0, 0.05) is 41.6 Å². The van der Waals surface area contributed by atoms with E-state index in [0.717, 1.165) is 75.2 Å². The molecule has 2 bridgehead atoms. The van der Waals surface area contributed by atoms with Crippen molar-refractivity contribution in [1.82, 2.24) is 4.72 Å². The summed E-state index contributed by atoms with van der Waals surface area (Å²) in [5, 5.41) is 0.0385. The van der Waals surface area contributed by atoms with E-state index in [1.54, 1.807) is 19.1 Å². The molecule has 8 nitrogen and oxygen atoms in total. The van der Waals surface area contributed by atoms with Crippen molar-refractivity contribution in [3.05, 3.63) is 58.1 Å². The summed E-state index contributed by atoms with van der Waals surface area (Å²) in [5.74, 6) is 0.315. The van der Waals surface area contributed by atoms with Crippen molar-refractivity contribution in [1.29, 1.82) is 0 Å². The van der Waals surface area contributed by atoms with Crippen LogP contribution in [0.15, 0.2) is 36.4 Å². The number of halogens is 1. The number of hydrogen-bond donors (Lipinski definition) is 1. The Bertz CT molecular complexity index is 1470. The van der Waals surface area contributed by atoms with E-state index in [0.29, 0.717) is 43.7 Å². The van der Waals surface area contributed by atoms with Crippen LogP contribution >= 0.6 is 11.6 Å². The number of benzene rings is 2. The summed E-state index contributed by atoms with van der Waals surface area (Å²) in [6.07, 6.45) is 7.70. The Morgan fingerprint density at radius 2 is 1.86 bits per heavy atom. The lowest BCUT2D eigenvalue weighted by molar-refractivity contribution is -0.0637. The van der Waals surface area contributed by atoms with E-state index in [9.17, 15) is 13.2 Å². The summed E-state index contributed by atoms with van der Waals surface area (Å²) in [6, 6.07) is 11.5. The van der Waals surface area contributed by atoms with E-state index in [-0.39, 0.29) is 17.4 Å². The maximum atomic E-state index is 13.5. The Balaban J connectivity index is 1.34. The molecule has 0 saturated heterocycles. The van der Waals surface area contributed by atoms with Crippen molar-refractivity contribution in [2.45, 2.75) is 82.0 Å². The van der Waals surface area contributed by atoms with E-state index in [2.05, 4.69) is 21.8 Å². The second-order valence-electron chi connectivity index (χ2n) is 13.3. The second-order valence-corrected chi connectivity index (χ2v) is 15.8. The van der Waals surface area contributed by atoms with E-state index in [4.69, 9.17) is 25.8 Å². The number of anilines is 1. The molecule has 240 valence electrons. The quantitative estimate of drug-likeness (QED) is 0.382. The smallest absolute Gasteiger partial charge is 0.264 e. The largest absolute Gasteiger partial charge is 0.490 e. The Kier molecular flexibility index (Phi) is 9.48. The first-order chi connectivity index (χ1) is 21.1. The maximum Gasteiger partial charge on any atom is 0.264 e. The average Bonchev–Trinajstić information content (AvgIpc) is 3.14. The third-order valence-corrected chi connectivity index (χ3v) is 12.5. The van der Waals surface area contributed by atoms with Gasteiger partial charge in [-0.15, -0.1) is 0 Å². The fraction of sp³-hybridized carbons (Fsp3) is 0.618. The summed E-state index contributed by atoms with van der Waals surface area (Å²) in [6.45, 7) is 7.34. The Hall–Kier alpha value is -2.33. The zero-order valence-corrected chi connectivity index (χ0v) is 27.4. The lowest BCUT2D eigenvalue weighted by Gasteiger charge is -2.44. The van der Waals surface area contributed by atoms with Gasteiger partial charge in [0.15, 0.2) is 0 Å². The molecular formula is C34H45ClN2O6S. The summed E-state index contributed by atoms with van der Waals surface area (Å²) >= 11 is 6.41. The van der Waals surface area contributed by atoms with Crippen LogP contribution in [0.25, 0.3) is 0 Å². The van der Waals surface area contributed by atoms with Gasteiger partial charge in [-0.2, -0.15) is 0 Å². The normalized spacial score (nSPS) is 31.3. The molecule has 2 aliphatic heterocycles. The topological polar surface area (TPSA) is 94.2 Å². The molecule has 0 unspecified atom stereocenters. The summed E-state index contributed by atoms with van der Waals surface area (Å²) < 4.78 is 47.6. The van der Waals surface area contributed by atoms with Crippen LogP contribution in [0.1, 0.15) is 80.3 Å². The minimum atomic E-state index is -3.87. The average molecular weight is 645 g/mol. The molecule has 2 heterocycles. The van der Waals surface area contributed by atoms with Crippen molar-refractivity contribution in [2.24, 2.45) is 11.8 Å². The maximum absolute atomic E-state index is 13.5. The minimum absolute atomic E-state index is 0.106. The third kappa shape index (κ3) is 6.62. The zero-order chi connectivity index (χ0) is 30.9. The zero-order valence-electron chi connectivity index (χ0n) is 25.9. The highest BCUT2D eigenvalue weighted by Gasteiger charge is 2.43. The number of fused-ring (bicyclic) bond motifs is 4. The van der Waals surface area contributed by atoms with Gasteiger partial charge in [-0.3, -0.25) is 4.79 Å². The van der Waals surface area contributed by atoms with E-state index in [1.165, 1.54) is 11.1 Å². The molecule has 10 heteroatoms. The molecular weight excluding hydrogens is 600 g/mol. The summed E-state index contributed by atoms with van der Waals surface area (Å²) in [7, 11) is -3.87. The molecule has 5 atom stereocenters. The summed E-state index contributed by atoms with van der Waals surface area (Å²) in [5.41, 5.74) is 3.43. The van der Waals surface area contributed by atoms with Crippen molar-refractivity contribution in [3.8, 4) is 5.75 Å². The van der Waals surface area contributed by atoms with Gasteiger partial charge in [0.1, 0.15) is 5.75 Å². The predicted octanol–water partition coefficient (Wildman–Crippen LogP) is 5.89. The van der Waals surface area contributed by atoms with E-state index >= 15 is 0 Å². The Morgan fingerprint density at radius 1 is 1.00 bits per heavy atom. The number of amides is 1. The lowest BCUT2D eigenvalue weighted by Crippen LogP contribution is -2.49. The molecule has 6 rings (SSSR count). The van der Waals surface area contributed by atoms with Crippen LogP contribution in [0.4, 0.5) is 5.69 Å². The predicted molar refractivity (Wildman–Crippen MR) is 172 cm³/mol. The number of ether oxygens (including phenoxy) is 3.